The van der Waals surface area contributed by atoms with Gasteiger partial charge in [-0.2, -0.15) is 0 Å². The summed E-state index contributed by atoms with van der Waals surface area (Å²) in [6, 6.07) is 8.27. The fourth-order valence-corrected chi connectivity index (χ4v) is 2.92. The summed E-state index contributed by atoms with van der Waals surface area (Å²) in [5.74, 6) is 0.0801. The zero-order chi connectivity index (χ0) is 18.5. The minimum absolute atomic E-state index is 0.253. The second kappa shape index (κ2) is 8.23. The van der Waals surface area contributed by atoms with E-state index in [1.54, 1.807) is 24.3 Å². The van der Waals surface area contributed by atoms with Gasteiger partial charge in [0.2, 0.25) is 5.95 Å². The number of amides is 1. The van der Waals surface area contributed by atoms with Gasteiger partial charge in [-0.3, -0.25) is 4.79 Å². The molecule has 0 bridgehead atoms. The van der Waals surface area contributed by atoms with Crippen molar-refractivity contribution in [2.75, 3.05) is 44.7 Å². The smallest absolute Gasteiger partial charge is 0.270 e. The summed E-state index contributed by atoms with van der Waals surface area (Å²) in [6.07, 6.45) is 0.438. The lowest BCUT2D eigenvalue weighted by molar-refractivity contribution is 0.0948. The van der Waals surface area contributed by atoms with E-state index in [2.05, 4.69) is 32.1 Å². The molecular weight excluding hydrogens is 333 g/mol. The van der Waals surface area contributed by atoms with E-state index in [4.69, 9.17) is 0 Å². The number of hydrogen-bond acceptors (Lipinski definition) is 5. The Morgan fingerprint density at radius 2 is 1.92 bits per heavy atom. The number of hydrogen-bond donors (Lipinski definition) is 1. The van der Waals surface area contributed by atoms with Crippen LogP contribution in [0.5, 0.6) is 0 Å². The molecule has 138 valence electrons. The van der Waals surface area contributed by atoms with Gasteiger partial charge in [0.05, 0.1) is 0 Å². The van der Waals surface area contributed by atoms with E-state index < -0.39 is 0 Å². The molecule has 1 fully saturated rings. The highest BCUT2D eigenvalue weighted by atomic mass is 19.1. The first-order valence-electron chi connectivity index (χ1n) is 8.84. The molecule has 0 spiro atoms. The van der Waals surface area contributed by atoms with Gasteiger partial charge in [0, 0.05) is 38.4 Å². The van der Waals surface area contributed by atoms with Crippen molar-refractivity contribution in [1.29, 1.82) is 0 Å². The molecule has 6 nitrogen and oxygen atoms in total. The maximum absolute atomic E-state index is 13.6. The van der Waals surface area contributed by atoms with Crippen LogP contribution in [0.3, 0.4) is 0 Å². The molecule has 1 aromatic heterocycles. The van der Waals surface area contributed by atoms with Gasteiger partial charge in [0.15, 0.2) is 0 Å². The molecule has 2 heterocycles. The van der Waals surface area contributed by atoms with Gasteiger partial charge in [0.1, 0.15) is 11.5 Å². The molecule has 26 heavy (non-hydrogen) atoms. The van der Waals surface area contributed by atoms with E-state index in [-0.39, 0.29) is 11.7 Å². The van der Waals surface area contributed by atoms with Crippen LogP contribution >= 0.6 is 0 Å². The van der Waals surface area contributed by atoms with E-state index in [9.17, 15) is 9.18 Å². The minimum atomic E-state index is -0.262. The molecule has 0 aliphatic carbocycles. The molecule has 1 aromatic carbocycles. The number of carbonyl (C=O) groups excluding carboxylic acids is 1. The van der Waals surface area contributed by atoms with Crippen molar-refractivity contribution in [3.05, 3.63) is 53.1 Å². The third-order valence-electron chi connectivity index (χ3n) is 4.50. The number of piperazine rings is 1. The zero-order valence-corrected chi connectivity index (χ0v) is 15.2. The van der Waals surface area contributed by atoms with E-state index in [0.29, 0.717) is 30.2 Å². The van der Waals surface area contributed by atoms with Crippen molar-refractivity contribution >= 4 is 11.9 Å². The van der Waals surface area contributed by atoms with Gasteiger partial charge in [-0.25, -0.2) is 14.4 Å². The van der Waals surface area contributed by atoms with Crippen molar-refractivity contribution in [3.63, 3.8) is 0 Å². The predicted molar refractivity (Wildman–Crippen MR) is 98.9 cm³/mol. The highest BCUT2D eigenvalue weighted by Gasteiger charge is 2.19. The van der Waals surface area contributed by atoms with Crippen LogP contribution in [0.1, 0.15) is 21.7 Å². The predicted octanol–water partition coefficient (Wildman–Crippen LogP) is 1.65. The summed E-state index contributed by atoms with van der Waals surface area (Å²) < 4.78 is 13.6. The summed E-state index contributed by atoms with van der Waals surface area (Å²) >= 11 is 0. The highest BCUT2D eigenvalue weighted by Crippen LogP contribution is 2.13. The molecular formula is C19H24FN5O. The van der Waals surface area contributed by atoms with Gasteiger partial charge < -0.3 is 15.1 Å². The number of nitrogens with one attached hydrogen (secondary N) is 1. The van der Waals surface area contributed by atoms with Gasteiger partial charge in [-0.15, -0.1) is 0 Å². The zero-order valence-electron chi connectivity index (χ0n) is 15.2. The van der Waals surface area contributed by atoms with Crippen molar-refractivity contribution in [3.8, 4) is 0 Å². The molecule has 1 aliphatic rings. The summed E-state index contributed by atoms with van der Waals surface area (Å²) in [4.78, 5) is 25.7. The van der Waals surface area contributed by atoms with Crippen LogP contribution in [-0.4, -0.2) is 60.5 Å². The minimum Gasteiger partial charge on any atom is -0.350 e. The van der Waals surface area contributed by atoms with Crippen molar-refractivity contribution in [1.82, 2.24) is 20.2 Å². The van der Waals surface area contributed by atoms with Crippen LogP contribution in [0.15, 0.2) is 30.3 Å². The molecule has 1 amide bonds. The molecule has 1 N–H and O–H groups in total. The molecule has 1 aliphatic heterocycles. The summed E-state index contributed by atoms with van der Waals surface area (Å²) in [6.45, 7) is 5.79. The number of aryl methyl sites for hydroxylation is 1. The van der Waals surface area contributed by atoms with Crippen LogP contribution in [0.4, 0.5) is 10.3 Å². The lowest BCUT2D eigenvalue weighted by Crippen LogP contribution is -2.45. The Bertz CT molecular complexity index is 774. The third-order valence-corrected chi connectivity index (χ3v) is 4.50. The average molecular weight is 357 g/mol. The van der Waals surface area contributed by atoms with Crippen LogP contribution in [0, 0.1) is 12.7 Å². The van der Waals surface area contributed by atoms with Gasteiger partial charge in [-0.1, -0.05) is 18.2 Å². The second-order valence-electron chi connectivity index (χ2n) is 6.58. The number of rotatable bonds is 5. The van der Waals surface area contributed by atoms with Crippen LogP contribution < -0.4 is 10.2 Å². The molecule has 0 atom stereocenters. The topological polar surface area (TPSA) is 61.4 Å². The number of likely N-dealkylation sites (N-methyl/N-ethyl adjacent to an activating group) is 1. The second-order valence-corrected chi connectivity index (χ2v) is 6.58. The van der Waals surface area contributed by atoms with E-state index in [1.807, 2.05) is 6.92 Å². The monoisotopic (exact) mass is 357 g/mol. The highest BCUT2D eigenvalue weighted by molar-refractivity contribution is 5.92. The quantitative estimate of drug-likeness (QED) is 0.882. The van der Waals surface area contributed by atoms with Crippen LogP contribution in [0.25, 0.3) is 0 Å². The Balaban J connectivity index is 1.63. The molecule has 0 unspecified atom stereocenters. The fourth-order valence-electron chi connectivity index (χ4n) is 2.92. The summed E-state index contributed by atoms with van der Waals surface area (Å²) in [5, 5.41) is 2.82. The van der Waals surface area contributed by atoms with Crippen molar-refractivity contribution in [2.45, 2.75) is 13.3 Å². The van der Waals surface area contributed by atoms with Gasteiger partial charge >= 0.3 is 0 Å². The Kier molecular flexibility index (Phi) is 5.78. The maximum atomic E-state index is 13.6. The number of anilines is 1. The largest absolute Gasteiger partial charge is 0.350 e. The first kappa shape index (κ1) is 18.3. The molecule has 0 saturated carbocycles. The SMILES string of the molecule is Cc1cc(C(=O)NCCc2ccccc2F)nc(N2CCN(C)CC2)n1. The van der Waals surface area contributed by atoms with Crippen molar-refractivity contribution in [2.24, 2.45) is 0 Å². The maximum Gasteiger partial charge on any atom is 0.270 e. The molecule has 2 aromatic rings. The van der Waals surface area contributed by atoms with E-state index >= 15 is 0 Å². The van der Waals surface area contributed by atoms with Crippen LogP contribution in [-0.2, 0) is 6.42 Å². The number of halogens is 1. The normalized spacial score (nSPS) is 15.1. The summed E-state index contributed by atoms with van der Waals surface area (Å²) in [7, 11) is 2.09. The van der Waals surface area contributed by atoms with Crippen molar-refractivity contribution < 1.29 is 9.18 Å². The Hall–Kier alpha value is -2.54. The lowest BCUT2D eigenvalue weighted by atomic mass is 10.1. The Morgan fingerprint density at radius 1 is 1.19 bits per heavy atom. The fraction of sp³-hybridized carbons (Fsp3) is 0.421. The first-order valence-corrected chi connectivity index (χ1v) is 8.84. The number of aromatic nitrogens is 2. The summed E-state index contributed by atoms with van der Waals surface area (Å²) in [5.41, 5.74) is 1.69. The Labute approximate surface area is 153 Å². The van der Waals surface area contributed by atoms with E-state index in [0.717, 1.165) is 31.9 Å². The number of carbonyl (C=O) groups is 1. The van der Waals surface area contributed by atoms with E-state index in [1.165, 1.54) is 6.07 Å². The van der Waals surface area contributed by atoms with Crippen LogP contribution in [0.2, 0.25) is 0 Å². The lowest BCUT2D eigenvalue weighted by Gasteiger charge is -2.32. The Morgan fingerprint density at radius 3 is 2.65 bits per heavy atom. The molecule has 0 radical (unpaired) electrons. The molecule has 3 rings (SSSR count). The first-order chi connectivity index (χ1) is 12.5. The van der Waals surface area contributed by atoms with Gasteiger partial charge in [-0.05, 0) is 38.1 Å². The molecule has 7 heteroatoms. The number of nitrogens with zero attached hydrogens (tertiary/aromatic N) is 4. The molecule has 1 saturated heterocycles. The number of benzene rings is 1. The standard InChI is InChI=1S/C19H24FN5O/c1-14-13-17(23-19(22-14)25-11-9-24(2)10-12-25)18(26)21-8-7-15-5-3-4-6-16(15)20/h3-6,13H,7-12H2,1-2H3,(H,21,26). The average Bonchev–Trinajstić information content (AvgIpc) is 2.63. The third kappa shape index (κ3) is 4.54. The van der Waals surface area contributed by atoms with Gasteiger partial charge in [0.25, 0.3) is 5.91 Å².